The molecule has 1 aromatic rings. The van der Waals surface area contributed by atoms with E-state index in [1.54, 1.807) is 5.48 Å². The number of Topliss-reactive ketones (excluding diaryl/α,β-unsaturated/α-hetero) is 1. The third-order valence-corrected chi connectivity index (χ3v) is 6.82. The van der Waals surface area contributed by atoms with Crippen LogP contribution in [0, 0.1) is 11.3 Å². The van der Waals surface area contributed by atoms with Crippen LogP contribution in [0.2, 0.25) is 5.02 Å². The number of amides is 1. The van der Waals surface area contributed by atoms with E-state index in [4.69, 9.17) is 11.6 Å². The standard InChI is InChI=1S/C21H26ClN3O3/c1-25-12-21(7-8-21)11-15(20(27)24-28)18(25)19(26)17-10-13(6-9-23-17)14-4-2-3-5-16(14)22/h2-6,15,17-18,23,28H,7-12H2,1H3,(H,24,27)/t15-,17?,18-/m0/s1. The Balaban J connectivity index is 1.55. The summed E-state index contributed by atoms with van der Waals surface area (Å²) in [5.41, 5.74) is 3.90. The van der Waals surface area contributed by atoms with E-state index in [0.717, 1.165) is 30.5 Å². The van der Waals surface area contributed by atoms with Gasteiger partial charge in [-0.25, -0.2) is 5.48 Å². The van der Waals surface area contributed by atoms with Crippen molar-refractivity contribution in [1.82, 2.24) is 15.7 Å². The lowest BCUT2D eigenvalue weighted by Gasteiger charge is -2.43. The number of piperidine rings is 1. The lowest BCUT2D eigenvalue weighted by Crippen LogP contribution is -2.59. The predicted molar refractivity (Wildman–Crippen MR) is 107 cm³/mol. The Morgan fingerprint density at radius 2 is 2.07 bits per heavy atom. The number of ketones is 1. The number of halogens is 1. The van der Waals surface area contributed by atoms with E-state index in [9.17, 15) is 14.8 Å². The van der Waals surface area contributed by atoms with Gasteiger partial charge in [0.25, 0.3) is 0 Å². The van der Waals surface area contributed by atoms with Crippen LogP contribution in [0.15, 0.2) is 30.3 Å². The fourth-order valence-corrected chi connectivity index (χ4v) is 5.16. The van der Waals surface area contributed by atoms with E-state index < -0.39 is 17.9 Å². The average molecular weight is 404 g/mol. The van der Waals surface area contributed by atoms with Crippen LogP contribution in [-0.2, 0) is 9.59 Å². The molecule has 1 saturated heterocycles. The minimum absolute atomic E-state index is 0.00394. The first-order valence-corrected chi connectivity index (χ1v) is 10.2. The highest BCUT2D eigenvalue weighted by atomic mass is 35.5. The van der Waals surface area contributed by atoms with Gasteiger partial charge in [-0.05, 0) is 55.3 Å². The van der Waals surface area contributed by atoms with Crippen molar-refractivity contribution < 1.29 is 14.8 Å². The third kappa shape index (κ3) is 3.62. The number of nitrogens with zero attached hydrogens (tertiary/aromatic N) is 1. The SMILES string of the molecule is CN1CC2(CC2)C[C@H](C(=O)NO)[C@H]1C(=O)C1CC(c2ccccc2Cl)=CCN1. The minimum Gasteiger partial charge on any atom is -0.304 e. The van der Waals surface area contributed by atoms with Gasteiger partial charge in [-0.15, -0.1) is 0 Å². The summed E-state index contributed by atoms with van der Waals surface area (Å²) < 4.78 is 0. The third-order valence-electron chi connectivity index (χ3n) is 6.49. The summed E-state index contributed by atoms with van der Waals surface area (Å²) in [7, 11) is 1.91. The minimum atomic E-state index is -0.540. The molecule has 1 spiro atoms. The van der Waals surface area contributed by atoms with Crippen LogP contribution in [0.4, 0.5) is 0 Å². The maximum Gasteiger partial charge on any atom is 0.248 e. The molecule has 0 radical (unpaired) electrons. The van der Waals surface area contributed by atoms with E-state index in [1.807, 2.05) is 36.2 Å². The fraction of sp³-hybridized carbons (Fsp3) is 0.524. The summed E-state index contributed by atoms with van der Waals surface area (Å²) in [5.74, 6) is -0.992. The van der Waals surface area contributed by atoms with Gasteiger partial charge in [0.15, 0.2) is 5.78 Å². The van der Waals surface area contributed by atoms with Crippen molar-refractivity contribution in [3.05, 3.63) is 40.9 Å². The van der Waals surface area contributed by atoms with Crippen molar-refractivity contribution in [1.29, 1.82) is 0 Å². The monoisotopic (exact) mass is 403 g/mol. The Kier molecular flexibility index (Phi) is 5.31. The molecule has 1 unspecified atom stereocenters. The Morgan fingerprint density at radius 1 is 1.32 bits per heavy atom. The van der Waals surface area contributed by atoms with E-state index in [0.29, 0.717) is 24.4 Å². The molecule has 3 aliphatic rings. The zero-order valence-corrected chi connectivity index (χ0v) is 16.7. The van der Waals surface area contributed by atoms with E-state index in [1.165, 1.54) is 0 Å². The number of hydrogen-bond acceptors (Lipinski definition) is 5. The van der Waals surface area contributed by atoms with Crippen molar-refractivity contribution in [3.63, 3.8) is 0 Å². The molecule has 0 aromatic heterocycles. The van der Waals surface area contributed by atoms with Gasteiger partial charge < -0.3 is 5.32 Å². The largest absolute Gasteiger partial charge is 0.304 e. The maximum absolute atomic E-state index is 13.5. The average Bonchev–Trinajstić information content (AvgIpc) is 3.45. The molecule has 2 fully saturated rings. The van der Waals surface area contributed by atoms with Gasteiger partial charge in [0.2, 0.25) is 5.91 Å². The Hall–Kier alpha value is -1.73. The molecule has 1 saturated carbocycles. The zero-order valence-electron chi connectivity index (χ0n) is 16.0. The highest BCUT2D eigenvalue weighted by Gasteiger charge is 2.55. The molecule has 3 atom stereocenters. The second kappa shape index (κ2) is 7.59. The molecule has 4 rings (SSSR count). The van der Waals surface area contributed by atoms with Gasteiger partial charge in [0, 0.05) is 18.1 Å². The van der Waals surface area contributed by atoms with Crippen molar-refractivity contribution in [2.45, 2.75) is 37.8 Å². The van der Waals surface area contributed by atoms with E-state index in [-0.39, 0.29) is 17.2 Å². The van der Waals surface area contributed by atoms with E-state index >= 15 is 0 Å². The molecule has 2 heterocycles. The summed E-state index contributed by atoms with van der Waals surface area (Å²) >= 11 is 6.34. The molecule has 150 valence electrons. The quantitative estimate of drug-likeness (QED) is 0.530. The first-order valence-electron chi connectivity index (χ1n) is 9.79. The van der Waals surface area contributed by atoms with Gasteiger partial charge in [-0.3, -0.25) is 19.7 Å². The van der Waals surface area contributed by atoms with Crippen LogP contribution in [0.3, 0.4) is 0 Å². The molecule has 28 heavy (non-hydrogen) atoms. The number of hydroxylamine groups is 1. The number of benzene rings is 1. The first kappa shape index (κ1) is 19.6. The van der Waals surface area contributed by atoms with Crippen LogP contribution in [-0.4, -0.2) is 54.0 Å². The van der Waals surface area contributed by atoms with Gasteiger partial charge in [-0.1, -0.05) is 35.9 Å². The molecule has 3 N–H and O–H groups in total. The van der Waals surface area contributed by atoms with Crippen molar-refractivity contribution in [2.24, 2.45) is 11.3 Å². The molecule has 1 aromatic carbocycles. The molecule has 0 bridgehead atoms. The van der Waals surface area contributed by atoms with Gasteiger partial charge in [0.05, 0.1) is 18.0 Å². The number of likely N-dealkylation sites (tertiary alicyclic amines) is 1. The van der Waals surface area contributed by atoms with Crippen molar-refractivity contribution in [2.75, 3.05) is 20.1 Å². The topological polar surface area (TPSA) is 81.7 Å². The maximum atomic E-state index is 13.5. The lowest BCUT2D eigenvalue weighted by molar-refractivity contribution is -0.145. The Labute approximate surface area is 169 Å². The van der Waals surface area contributed by atoms with E-state index in [2.05, 4.69) is 11.4 Å². The van der Waals surface area contributed by atoms with Gasteiger partial charge in [-0.2, -0.15) is 0 Å². The Morgan fingerprint density at radius 3 is 2.75 bits per heavy atom. The fourth-order valence-electron chi connectivity index (χ4n) is 4.90. The van der Waals surface area contributed by atoms with Crippen LogP contribution in [0.5, 0.6) is 0 Å². The zero-order chi connectivity index (χ0) is 19.9. The van der Waals surface area contributed by atoms with Crippen LogP contribution < -0.4 is 10.8 Å². The summed E-state index contributed by atoms with van der Waals surface area (Å²) in [6.07, 6.45) is 5.40. The van der Waals surface area contributed by atoms with Crippen molar-refractivity contribution in [3.8, 4) is 0 Å². The van der Waals surface area contributed by atoms with Crippen molar-refractivity contribution >= 4 is 28.9 Å². The second-order valence-electron chi connectivity index (χ2n) is 8.42. The lowest BCUT2D eigenvalue weighted by atomic mass is 9.77. The number of rotatable bonds is 4. The molecule has 6 nitrogen and oxygen atoms in total. The molecular weight excluding hydrogens is 378 g/mol. The normalized spacial score (nSPS) is 29.2. The molecule has 1 aliphatic carbocycles. The number of carbonyl (C=O) groups is 2. The smallest absolute Gasteiger partial charge is 0.248 e. The molecule has 1 amide bonds. The number of nitrogens with one attached hydrogen (secondary N) is 2. The summed E-state index contributed by atoms with van der Waals surface area (Å²) in [6, 6.07) is 6.72. The van der Waals surface area contributed by atoms with Gasteiger partial charge >= 0.3 is 0 Å². The second-order valence-corrected chi connectivity index (χ2v) is 8.83. The molecular formula is C21H26ClN3O3. The summed E-state index contributed by atoms with van der Waals surface area (Å²) in [5, 5.41) is 13.2. The number of carbonyl (C=O) groups excluding carboxylic acids is 2. The first-order chi connectivity index (χ1) is 13.4. The van der Waals surface area contributed by atoms with Crippen LogP contribution in [0.25, 0.3) is 5.57 Å². The summed E-state index contributed by atoms with van der Waals surface area (Å²) in [4.78, 5) is 27.8. The summed E-state index contributed by atoms with van der Waals surface area (Å²) in [6.45, 7) is 1.40. The van der Waals surface area contributed by atoms with Gasteiger partial charge in [0.1, 0.15) is 0 Å². The predicted octanol–water partition coefficient (Wildman–Crippen LogP) is 2.26. The highest BCUT2D eigenvalue weighted by Crippen LogP contribution is 2.54. The Bertz CT molecular complexity index is 821. The van der Waals surface area contributed by atoms with Crippen LogP contribution >= 0.6 is 11.6 Å². The number of hydrogen-bond donors (Lipinski definition) is 3. The van der Waals surface area contributed by atoms with Crippen LogP contribution in [0.1, 0.15) is 31.2 Å². The molecule has 7 heteroatoms. The molecule has 2 aliphatic heterocycles. The number of likely N-dealkylation sites (N-methyl/N-ethyl adjacent to an activating group) is 1. The highest BCUT2D eigenvalue weighted by molar-refractivity contribution is 6.32.